The van der Waals surface area contributed by atoms with E-state index < -0.39 is 10.4 Å². The second-order valence-corrected chi connectivity index (χ2v) is 6.59. The van der Waals surface area contributed by atoms with Gasteiger partial charge in [-0.3, -0.25) is 9.59 Å². The van der Waals surface area contributed by atoms with Gasteiger partial charge in [-0.2, -0.15) is 0 Å². The molecule has 6 heteroatoms. The molecule has 2 aliphatic rings. The highest BCUT2D eigenvalue weighted by molar-refractivity contribution is 9.10. The molecule has 2 rings (SSSR count). The minimum atomic E-state index is -0.825. The lowest BCUT2D eigenvalue weighted by Crippen LogP contribution is -2.52. The van der Waals surface area contributed by atoms with Crippen LogP contribution in [-0.2, 0) is 14.3 Å². The normalized spacial score (nSPS) is 35.1. The number of halogens is 2. The molecule has 0 aromatic rings. The topological polar surface area (TPSA) is 46.6 Å². The zero-order valence-electron chi connectivity index (χ0n) is 9.81. The first-order valence-corrected chi connectivity index (χ1v) is 7.30. The lowest BCUT2D eigenvalue weighted by molar-refractivity contribution is -0.146. The molecular formula is C12H13Br2NO3. The second-order valence-electron chi connectivity index (χ2n) is 4.22. The molecule has 3 atom stereocenters. The Hall–Kier alpha value is -0.620. The molecule has 0 radical (unpaired) electrons. The van der Waals surface area contributed by atoms with E-state index in [1.165, 1.54) is 7.11 Å². The number of rotatable bonds is 2. The van der Waals surface area contributed by atoms with Gasteiger partial charge in [-0.15, -0.1) is 0 Å². The van der Waals surface area contributed by atoms with Crippen molar-refractivity contribution in [2.24, 2.45) is 5.92 Å². The molecule has 0 aromatic carbocycles. The minimum Gasteiger partial charge on any atom is -0.468 e. The van der Waals surface area contributed by atoms with Crippen LogP contribution in [0.1, 0.15) is 6.42 Å². The van der Waals surface area contributed by atoms with Gasteiger partial charge in [0.05, 0.1) is 11.9 Å². The summed E-state index contributed by atoms with van der Waals surface area (Å²) in [5.74, 6) is -0.909. The molecule has 0 saturated carbocycles. The van der Waals surface area contributed by atoms with Crippen molar-refractivity contribution in [1.29, 1.82) is 0 Å². The van der Waals surface area contributed by atoms with Crippen LogP contribution in [0, 0.1) is 5.92 Å². The zero-order valence-corrected chi connectivity index (χ0v) is 13.0. The number of allylic oxidation sites excluding steroid dienone is 2. The van der Waals surface area contributed by atoms with Crippen molar-refractivity contribution >= 4 is 43.7 Å². The standard InChI is InChI=1S/C12H13Br2NO3/c1-18-11(17)8-4-2-3-6-12(8,14)15-7-5-9(13)10(15)16/h2-4,6,8-9H,5,7H2,1H3. The highest BCUT2D eigenvalue weighted by Gasteiger charge is 2.49. The van der Waals surface area contributed by atoms with Crippen molar-refractivity contribution in [3.05, 3.63) is 24.3 Å². The molecule has 0 N–H and O–H groups in total. The summed E-state index contributed by atoms with van der Waals surface area (Å²) < 4.78 is 3.98. The van der Waals surface area contributed by atoms with Crippen LogP contribution >= 0.6 is 31.9 Å². The molecule has 1 aliphatic heterocycles. The van der Waals surface area contributed by atoms with Crippen molar-refractivity contribution < 1.29 is 14.3 Å². The SMILES string of the molecule is COC(=O)C1C=CC=CC1(Br)N1CCC(Br)C1=O. The van der Waals surface area contributed by atoms with Gasteiger partial charge in [0, 0.05) is 6.54 Å². The summed E-state index contributed by atoms with van der Waals surface area (Å²) in [7, 11) is 1.35. The number of ether oxygens (including phenoxy) is 1. The molecule has 1 fully saturated rings. The number of likely N-dealkylation sites (tertiary alicyclic amines) is 1. The largest absolute Gasteiger partial charge is 0.468 e. The maximum Gasteiger partial charge on any atom is 0.316 e. The zero-order chi connectivity index (χ0) is 13.3. The smallest absolute Gasteiger partial charge is 0.316 e. The average molecular weight is 379 g/mol. The van der Waals surface area contributed by atoms with Gasteiger partial charge in [0.25, 0.3) is 0 Å². The molecular weight excluding hydrogens is 366 g/mol. The van der Waals surface area contributed by atoms with E-state index in [2.05, 4.69) is 31.9 Å². The van der Waals surface area contributed by atoms with Gasteiger partial charge in [0.15, 0.2) is 0 Å². The van der Waals surface area contributed by atoms with Crippen LogP contribution in [0.5, 0.6) is 0 Å². The Kier molecular flexibility index (Phi) is 3.96. The van der Waals surface area contributed by atoms with Crippen LogP contribution in [0.3, 0.4) is 0 Å². The predicted octanol–water partition coefficient (Wildman–Crippen LogP) is 1.99. The number of carbonyl (C=O) groups excluding carboxylic acids is 2. The highest BCUT2D eigenvalue weighted by Crippen LogP contribution is 2.41. The number of alkyl halides is 2. The molecule has 98 valence electrons. The van der Waals surface area contributed by atoms with Gasteiger partial charge in [-0.1, -0.05) is 50.1 Å². The minimum absolute atomic E-state index is 0.0132. The summed E-state index contributed by atoms with van der Waals surface area (Å²) in [6, 6.07) is 0. The fourth-order valence-electron chi connectivity index (χ4n) is 2.22. The average Bonchev–Trinajstić information content (AvgIpc) is 2.70. The fraction of sp³-hybridized carbons (Fsp3) is 0.500. The summed E-state index contributed by atoms with van der Waals surface area (Å²) in [6.07, 6.45) is 7.90. The van der Waals surface area contributed by atoms with E-state index in [0.717, 1.165) is 6.42 Å². The van der Waals surface area contributed by atoms with Crippen molar-refractivity contribution in [3.63, 3.8) is 0 Å². The van der Waals surface area contributed by atoms with Crippen LogP contribution in [-0.4, -0.2) is 39.7 Å². The number of hydrogen-bond donors (Lipinski definition) is 0. The first kappa shape index (κ1) is 13.8. The van der Waals surface area contributed by atoms with E-state index in [-0.39, 0.29) is 16.7 Å². The lowest BCUT2D eigenvalue weighted by Gasteiger charge is -2.39. The Morgan fingerprint density at radius 1 is 1.56 bits per heavy atom. The quantitative estimate of drug-likeness (QED) is 0.419. The summed E-state index contributed by atoms with van der Waals surface area (Å²) in [5, 5.41) is 0. The van der Waals surface area contributed by atoms with Gasteiger partial charge < -0.3 is 9.64 Å². The van der Waals surface area contributed by atoms with Crippen LogP contribution in [0.15, 0.2) is 24.3 Å². The van der Waals surface area contributed by atoms with Gasteiger partial charge >= 0.3 is 5.97 Å². The first-order chi connectivity index (χ1) is 8.50. The Balaban J connectivity index is 2.32. The van der Waals surface area contributed by atoms with E-state index in [4.69, 9.17) is 4.74 Å². The second kappa shape index (κ2) is 5.17. The third kappa shape index (κ3) is 2.16. The highest BCUT2D eigenvalue weighted by atomic mass is 79.9. The molecule has 1 aliphatic carbocycles. The molecule has 3 unspecified atom stereocenters. The van der Waals surface area contributed by atoms with Gasteiger partial charge in [-0.05, 0) is 12.5 Å². The van der Waals surface area contributed by atoms with E-state index >= 15 is 0 Å². The van der Waals surface area contributed by atoms with E-state index in [9.17, 15) is 9.59 Å². The fourth-order valence-corrected chi connectivity index (χ4v) is 3.51. The number of nitrogens with zero attached hydrogens (tertiary/aromatic N) is 1. The molecule has 0 spiro atoms. The van der Waals surface area contributed by atoms with Crippen molar-refractivity contribution in [2.45, 2.75) is 15.7 Å². The van der Waals surface area contributed by atoms with Crippen molar-refractivity contribution in [3.8, 4) is 0 Å². The monoisotopic (exact) mass is 377 g/mol. The summed E-state index contributed by atoms with van der Waals surface area (Å²) in [6.45, 7) is 0.603. The molecule has 0 aromatic heterocycles. The first-order valence-electron chi connectivity index (χ1n) is 5.59. The maximum absolute atomic E-state index is 12.1. The Bertz CT molecular complexity index is 435. The molecule has 1 heterocycles. The third-order valence-electron chi connectivity index (χ3n) is 3.19. The number of carbonyl (C=O) groups is 2. The number of esters is 1. The van der Waals surface area contributed by atoms with Crippen LogP contribution < -0.4 is 0 Å². The Morgan fingerprint density at radius 3 is 2.83 bits per heavy atom. The van der Waals surface area contributed by atoms with Crippen molar-refractivity contribution in [2.75, 3.05) is 13.7 Å². The lowest BCUT2D eigenvalue weighted by atomic mass is 9.93. The van der Waals surface area contributed by atoms with Crippen molar-refractivity contribution in [1.82, 2.24) is 4.90 Å². The van der Waals surface area contributed by atoms with E-state index in [1.807, 2.05) is 12.2 Å². The Labute approximate surface area is 122 Å². The third-order valence-corrected chi connectivity index (χ3v) is 5.22. The van der Waals surface area contributed by atoms with Gasteiger partial charge in [-0.25, -0.2) is 0 Å². The van der Waals surface area contributed by atoms with Crippen LogP contribution in [0.2, 0.25) is 0 Å². The number of methoxy groups -OCH3 is 1. The van der Waals surface area contributed by atoms with E-state index in [0.29, 0.717) is 6.54 Å². The van der Waals surface area contributed by atoms with Gasteiger partial charge in [0.1, 0.15) is 10.4 Å². The molecule has 4 nitrogen and oxygen atoms in total. The molecule has 1 saturated heterocycles. The molecule has 1 amide bonds. The van der Waals surface area contributed by atoms with Gasteiger partial charge in [0.2, 0.25) is 5.91 Å². The summed E-state index contributed by atoms with van der Waals surface area (Å²) in [4.78, 5) is 25.4. The predicted molar refractivity (Wildman–Crippen MR) is 74.5 cm³/mol. The molecule has 18 heavy (non-hydrogen) atoms. The number of hydrogen-bond acceptors (Lipinski definition) is 3. The maximum atomic E-state index is 12.1. The molecule has 0 bridgehead atoms. The van der Waals surface area contributed by atoms with Crippen LogP contribution in [0.25, 0.3) is 0 Å². The Morgan fingerprint density at radius 2 is 2.28 bits per heavy atom. The van der Waals surface area contributed by atoms with E-state index in [1.54, 1.807) is 17.1 Å². The summed E-state index contributed by atoms with van der Waals surface area (Å²) in [5.41, 5.74) is 0. The van der Waals surface area contributed by atoms with Crippen LogP contribution in [0.4, 0.5) is 0 Å². The number of amides is 1. The summed E-state index contributed by atoms with van der Waals surface area (Å²) >= 11 is 6.88.